The number of nitrogens with zero attached hydrogens (tertiary/aromatic N) is 3. The molecule has 4 aromatic rings. The summed E-state index contributed by atoms with van der Waals surface area (Å²) in [7, 11) is 0. The summed E-state index contributed by atoms with van der Waals surface area (Å²) >= 11 is 0. The van der Waals surface area contributed by atoms with Crippen molar-refractivity contribution in [2.45, 2.75) is 31.7 Å². The third-order valence-corrected chi connectivity index (χ3v) is 6.45. The molecular formula is C29H29N7O2. The monoisotopic (exact) mass is 507 g/mol. The lowest BCUT2D eigenvalue weighted by atomic mass is 10.1. The summed E-state index contributed by atoms with van der Waals surface area (Å²) in [5.74, 6) is 1.52. The van der Waals surface area contributed by atoms with Gasteiger partial charge in [-0.05, 0) is 54.8 Å². The number of fused-ring (bicyclic) bond motifs is 1. The molecule has 2 aromatic carbocycles. The summed E-state index contributed by atoms with van der Waals surface area (Å²) in [5, 5.41) is 13.9. The lowest BCUT2D eigenvalue weighted by Gasteiger charge is -2.13. The van der Waals surface area contributed by atoms with Crippen molar-refractivity contribution in [3.8, 4) is 17.1 Å². The second-order valence-electron chi connectivity index (χ2n) is 9.10. The van der Waals surface area contributed by atoms with Gasteiger partial charge in [-0.3, -0.25) is 9.78 Å². The molecule has 38 heavy (non-hydrogen) atoms. The fraction of sp³-hybridized carbons (Fsp3) is 0.207. The van der Waals surface area contributed by atoms with Crippen molar-refractivity contribution < 1.29 is 9.53 Å². The standard InChI is InChI=1S/C29H29N7O2/c30-16-21(17-31)19-10-12-23(13-11-19)34-29-27-25(9-4-14-32-27)35-28(36-29)20-5-3-8-24(15-20)38-18-26(37)33-22-6-1-2-7-22/h3-5,8-17,22,30H,1-2,6-7,18,31H2,(H,33,37)(H,34,35,36)/b21-17+,30-16?. The number of carbonyl (C=O) groups excluding carboxylic acids is 1. The molecule has 1 saturated carbocycles. The van der Waals surface area contributed by atoms with Crippen molar-refractivity contribution in [1.82, 2.24) is 20.3 Å². The summed E-state index contributed by atoms with van der Waals surface area (Å²) in [5.41, 5.74) is 9.96. The number of carbonyl (C=O) groups is 1. The van der Waals surface area contributed by atoms with E-state index in [-0.39, 0.29) is 18.6 Å². The van der Waals surface area contributed by atoms with Gasteiger partial charge in [0.2, 0.25) is 0 Å². The Kier molecular flexibility index (Phi) is 7.54. The van der Waals surface area contributed by atoms with E-state index in [1.807, 2.05) is 60.7 Å². The molecule has 1 aliphatic carbocycles. The van der Waals surface area contributed by atoms with Gasteiger partial charge in [0.1, 0.15) is 11.3 Å². The molecule has 1 fully saturated rings. The zero-order chi connectivity index (χ0) is 26.3. The SMILES string of the molecule is N=C/C(=C\N)c1ccc(Nc2nc(-c3cccc(OCC(=O)NC4CCCC4)c3)nc3cccnc23)cc1. The van der Waals surface area contributed by atoms with Gasteiger partial charge in [0.05, 0.1) is 5.52 Å². The van der Waals surface area contributed by atoms with Crippen LogP contribution in [-0.2, 0) is 4.79 Å². The molecule has 0 unspecified atom stereocenters. The topological polar surface area (TPSA) is 139 Å². The van der Waals surface area contributed by atoms with Crippen LogP contribution >= 0.6 is 0 Å². The number of hydrogen-bond acceptors (Lipinski definition) is 8. The lowest BCUT2D eigenvalue weighted by Crippen LogP contribution is -2.36. The smallest absolute Gasteiger partial charge is 0.258 e. The highest BCUT2D eigenvalue weighted by Crippen LogP contribution is 2.28. The van der Waals surface area contributed by atoms with Gasteiger partial charge >= 0.3 is 0 Å². The molecule has 1 amide bonds. The largest absolute Gasteiger partial charge is 0.484 e. The van der Waals surface area contributed by atoms with Crippen LogP contribution in [0.3, 0.4) is 0 Å². The summed E-state index contributed by atoms with van der Waals surface area (Å²) in [6, 6.07) is 18.9. The van der Waals surface area contributed by atoms with Crippen molar-refractivity contribution in [3.05, 3.63) is 78.6 Å². The lowest BCUT2D eigenvalue weighted by molar-refractivity contribution is -0.123. The number of allylic oxidation sites excluding steroid dienone is 1. The highest BCUT2D eigenvalue weighted by atomic mass is 16.5. The molecule has 0 spiro atoms. The highest BCUT2D eigenvalue weighted by Gasteiger charge is 2.17. The molecule has 0 atom stereocenters. The van der Waals surface area contributed by atoms with Gasteiger partial charge in [-0.15, -0.1) is 0 Å². The van der Waals surface area contributed by atoms with Crippen molar-refractivity contribution in [2.24, 2.45) is 5.73 Å². The van der Waals surface area contributed by atoms with Crippen LogP contribution < -0.4 is 21.1 Å². The second kappa shape index (κ2) is 11.5. The van der Waals surface area contributed by atoms with Crippen LogP contribution in [0.25, 0.3) is 28.0 Å². The minimum Gasteiger partial charge on any atom is -0.484 e. The van der Waals surface area contributed by atoms with E-state index in [2.05, 4.69) is 15.6 Å². The van der Waals surface area contributed by atoms with Crippen molar-refractivity contribution in [1.29, 1.82) is 5.41 Å². The molecule has 5 N–H and O–H groups in total. The fourth-order valence-electron chi connectivity index (χ4n) is 4.51. The third kappa shape index (κ3) is 5.78. The molecule has 2 aromatic heterocycles. The summed E-state index contributed by atoms with van der Waals surface area (Å²) in [4.78, 5) is 26.3. The Morgan fingerprint density at radius 3 is 2.66 bits per heavy atom. The normalized spacial score (nSPS) is 13.8. The maximum absolute atomic E-state index is 12.3. The molecular weight excluding hydrogens is 478 g/mol. The van der Waals surface area contributed by atoms with E-state index in [1.54, 1.807) is 6.20 Å². The number of amides is 1. The van der Waals surface area contributed by atoms with E-state index in [0.717, 1.165) is 42.5 Å². The van der Waals surface area contributed by atoms with Gasteiger partial charge in [0.15, 0.2) is 18.2 Å². The molecule has 9 heteroatoms. The quantitative estimate of drug-likeness (QED) is 0.238. The van der Waals surface area contributed by atoms with E-state index < -0.39 is 0 Å². The van der Waals surface area contributed by atoms with Gasteiger partial charge in [-0.2, -0.15) is 0 Å². The van der Waals surface area contributed by atoms with Crippen molar-refractivity contribution in [2.75, 3.05) is 11.9 Å². The molecule has 2 heterocycles. The minimum atomic E-state index is -0.109. The van der Waals surface area contributed by atoms with Crippen LogP contribution in [0.1, 0.15) is 31.2 Å². The average molecular weight is 508 g/mol. The van der Waals surface area contributed by atoms with Crippen LogP contribution in [0.2, 0.25) is 0 Å². The van der Waals surface area contributed by atoms with E-state index in [4.69, 9.17) is 25.8 Å². The molecule has 9 nitrogen and oxygen atoms in total. The van der Waals surface area contributed by atoms with Crippen LogP contribution in [0, 0.1) is 5.41 Å². The molecule has 0 bridgehead atoms. The molecule has 0 aliphatic heterocycles. The Morgan fingerprint density at radius 1 is 1.08 bits per heavy atom. The number of nitrogens with one attached hydrogen (secondary N) is 3. The zero-order valence-corrected chi connectivity index (χ0v) is 20.9. The number of rotatable bonds is 9. The number of pyridine rings is 1. The third-order valence-electron chi connectivity index (χ3n) is 6.45. The van der Waals surface area contributed by atoms with Crippen LogP contribution in [-0.4, -0.2) is 39.7 Å². The molecule has 0 radical (unpaired) electrons. The predicted molar refractivity (Wildman–Crippen MR) is 149 cm³/mol. The number of ether oxygens (including phenoxy) is 1. The Labute approximate surface area is 220 Å². The molecule has 5 rings (SSSR count). The Hall–Kier alpha value is -4.79. The van der Waals surface area contributed by atoms with Crippen LogP contribution in [0.4, 0.5) is 11.5 Å². The van der Waals surface area contributed by atoms with Gasteiger partial charge in [0, 0.05) is 41.5 Å². The van der Waals surface area contributed by atoms with Gasteiger partial charge < -0.3 is 26.5 Å². The second-order valence-corrected chi connectivity index (χ2v) is 9.10. The highest BCUT2D eigenvalue weighted by molar-refractivity contribution is 6.08. The van der Waals surface area contributed by atoms with Crippen LogP contribution in [0.5, 0.6) is 5.75 Å². The van der Waals surface area contributed by atoms with Crippen molar-refractivity contribution in [3.63, 3.8) is 0 Å². The van der Waals surface area contributed by atoms with Gasteiger partial charge in [0.25, 0.3) is 5.91 Å². The fourth-order valence-corrected chi connectivity index (χ4v) is 4.51. The number of benzene rings is 2. The van der Waals surface area contributed by atoms with E-state index in [9.17, 15) is 4.79 Å². The Morgan fingerprint density at radius 2 is 1.89 bits per heavy atom. The number of anilines is 2. The Bertz CT molecular complexity index is 1480. The molecule has 1 aliphatic rings. The van der Waals surface area contributed by atoms with Gasteiger partial charge in [-0.25, -0.2) is 9.97 Å². The predicted octanol–water partition coefficient (Wildman–Crippen LogP) is 4.82. The zero-order valence-electron chi connectivity index (χ0n) is 20.9. The first kappa shape index (κ1) is 24.9. The first-order valence-electron chi connectivity index (χ1n) is 12.6. The van der Waals surface area contributed by atoms with E-state index >= 15 is 0 Å². The average Bonchev–Trinajstić information content (AvgIpc) is 3.46. The maximum atomic E-state index is 12.3. The summed E-state index contributed by atoms with van der Waals surface area (Å²) in [6.07, 6.45) is 8.72. The number of aromatic nitrogens is 3. The minimum absolute atomic E-state index is 0.0374. The van der Waals surface area contributed by atoms with Gasteiger partial charge in [-0.1, -0.05) is 37.1 Å². The first-order valence-corrected chi connectivity index (χ1v) is 12.6. The maximum Gasteiger partial charge on any atom is 0.258 e. The molecule has 192 valence electrons. The van der Waals surface area contributed by atoms with E-state index in [0.29, 0.717) is 34.0 Å². The van der Waals surface area contributed by atoms with Crippen LogP contribution in [0.15, 0.2) is 73.1 Å². The Balaban J connectivity index is 1.37. The molecule has 0 saturated heterocycles. The summed E-state index contributed by atoms with van der Waals surface area (Å²) in [6.45, 7) is -0.0374. The van der Waals surface area contributed by atoms with Crippen molar-refractivity contribution >= 4 is 40.2 Å². The summed E-state index contributed by atoms with van der Waals surface area (Å²) < 4.78 is 5.78. The van der Waals surface area contributed by atoms with E-state index in [1.165, 1.54) is 12.4 Å². The first-order chi connectivity index (χ1) is 18.6. The number of hydrogen-bond donors (Lipinski definition) is 4. The number of nitrogens with two attached hydrogens (primary N) is 1.